The molecule has 2 aromatic rings. The number of piperidine rings is 1. The summed E-state index contributed by atoms with van der Waals surface area (Å²) in [6.07, 6.45) is 2.59. The number of fused-ring (bicyclic) bond motifs is 1. The Labute approximate surface area is 120 Å². The summed E-state index contributed by atoms with van der Waals surface area (Å²) in [5.41, 5.74) is 2.15. The molecule has 1 aliphatic rings. The summed E-state index contributed by atoms with van der Waals surface area (Å²) in [4.78, 5) is 10.4. The Balaban J connectivity index is 1.60. The molecule has 0 aliphatic carbocycles. The van der Waals surface area contributed by atoms with Gasteiger partial charge in [0.05, 0.1) is 17.1 Å². The molecule has 2 heterocycles. The molecule has 1 saturated heterocycles. The fourth-order valence-electron chi connectivity index (χ4n) is 2.65. The van der Waals surface area contributed by atoms with Gasteiger partial charge in [-0.1, -0.05) is 26.0 Å². The number of anilines is 1. The molecular weight excluding hydrogens is 250 g/mol. The molecule has 1 aromatic heterocycles. The van der Waals surface area contributed by atoms with Crippen molar-refractivity contribution in [1.82, 2.24) is 9.97 Å². The Bertz CT molecular complexity index is 523. The van der Waals surface area contributed by atoms with Gasteiger partial charge in [-0.2, -0.15) is 0 Å². The summed E-state index contributed by atoms with van der Waals surface area (Å²) in [6.45, 7) is 7.30. The molecule has 3 rings (SSSR count). The van der Waals surface area contributed by atoms with Gasteiger partial charge in [-0.05, 0) is 30.9 Å². The number of nitrogens with zero attached hydrogens (tertiary/aromatic N) is 2. The van der Waals surface area contributed by atoms with Crippen LogP contribution in [-0.2, 0) is 4.74 Å². The lowest BCUT2D eigenvalue weighted by molar-refractivity contribution is 0.0214. The zero-order chi connectivity index (χ0) is 13.9. The van der Waals surface area contributed by atoms with E-state index in [1.807, 2.05) is 18.2 Å². The predicted octanol–water partition coefficient (Wildman–Crippen LogP) is 3.20. The molecule has 4 nitrogen and oxygen atoms in total. The van der Waals surface area contributed by atoms with E-state index >= 15 is 0 Å². The first-order chi connectivity index (χ1) is 9.72. The Morgan fingerprint density at radius 3 is 2.75 bits per heavy atom. The van der Waals surface area contributed by atoms with Crippen LogP contribution in [0.5, 0.6) is 0 Å². The number of H-pyrrole nitrogens is 1. The quantitative estimate of drug-likeness (QED) is 0.930. The number of benzene rings is 1. The van der Waals surface area contributed by atoms with Crippen LogP contribution in [0.1, 0.15) is 26.7 Å². The van der Waals surface area contributed by atoms with Gasteiger partial charge in [-0.25, -0.2) is 4.98 Å². The largest absolute Gasteiger partial charge is 0.378 e. The maximum Gasteiger partial charge on any atom is 0.203 e. The zero-order valence-electron chi connectivity index (χ0n) is 12.3. The number of aromatic amines is 1. The second-order valence-electron chi connectivity index (χ2n) is 5.99. The fraction of sp³-hybridized carbons (Fsp3) is 0.562. The van der Waals surface area contributed by atoms with Crippen LogP contribution < -0.4 is 4.90 Å². The monoisotopic (exact) mass is 273 g/mol. The number of hydrogen-bond donors (Lipinski definition) is 1. The van der Waals surface area contributed by atoms with Gasteiger partial charge in [-0.3, -0.25) is 0 Å². The fourth-order valence-corrected chi connectivity index (χ4v) is 2.65. The highest BCUT2D eigenvalue weighted by molar-refractivity contribution is 5.77. The minimum atomic E-state index is 0.415. The molecule has 1 aromatic carbocycles. The normalized spacial score (nSPS) is 17.2. The summed E-state index contributed by atoms with van der Waals surface area (Å²) < 4.78 is 5.93. The lowest BCUT2D eigenvalue weighted by atomic mass is 10.1. The van der Waals surface area contributed by atoms with Gasteiger partial charge in [0.2, 0.25) is 5.95 Å². The zero-order valence-corrected chi connectivity index (χ0v) is 12.3. The molecule has 0 saturated carbocycles. The van der Waals surface area contributed by atoms with E-state index in [9.17, 15) is 0 Å². The molecule has 0 amide bonds. The molecule has 4 heteroatoms. The maximum absolute atomic E-state index is 5.93. The molecule has 0 spiro atoms. The highest BCUT2D eigenvalue weighted by Gasteiger charge is 2.21. The SMILES string of the molecule is CC(C)COC1CCN(c2nc3ccccc3[nH]2)CC1. The van der Waals surface area contributed by atoms with E-state index in [2.05, 4.69) is 34.8 Å². The smallest absolute Gasteiger partial charge is 0.203 e. The Morgan fingerprint density at radius 1 is 1.30 bits per heavy atom. The number of rotatable bonds is 4. The highest BCUT2D eigenvalue weighted by Crippen LogP contribution is 2.22. The molecule has 0 bridgehead atoms. The van der Waals surface area contributed by atoms with Gasteiger partial charge in [-0.15, -0.1) is 0 Å². The van der Waals surface area contributed by atoms with Gasteiger partial charge in [0, 0.05) is 19.7 Å². The first-order valence-corrected chi connectivity index (χ1v) is 7.53. The van der Waals surface area contributed by atoms with E-state index in [4.69, 9.17) is 4.74 Å². The number of para-hydroxylation sites is 2. The van der Waals surface area contributed by atoms with E-state index in [1.54, 1.807) is 0 Å². The third kappa shape index (κ3) is 2.96. The molecular formula is C16H23N3O. The second-order valence-corrected chi connectivity index (χ2v) is 5.99. The van der Waals surface area contributed by atoms with Crippen molar-refractivity contribution in [2.45, 2.75) is 32.8 Å². The lowest BCUT2D eigenvalue weighted by Gasteiger charge is -2.32. The van der Waals surface area contributed by atoms with Gasteiger partial charge in [0.1, 0.15) is 0 Å². The maximum atomic E-state index is 5.93. The third-order valence-corrected chi connectivity index (χ3v) is 3.78. The van der Waals surface area contributed by atoms with Crippen molar-refractivity contribution in [3.63, 3.8) is 0 Å². The van der Waals surface area contributed by atoms with Crippen LogP contribution in [0.4, 0.5) is 5.95 Å². The number of imidazole rings is 1. The molecule has 0 atom stereocenters. The number of ether oxygens (including phenoxy) is 1. The summed E-state index contributed by atoms with van der Waals surface area (Å²) in [6, 6.07) is 8.19. The van der Waals surface area contributed by atoms with Crippen LogP contribution in [0.3, 0.4) is 0 Å². The average Bonchev–Trinajstić information content (AvgIpc) is 2.89. The predicted molar refractivity (Wildman–Crippen MR) is 82.1 cm³/mol. The van der Waals surface area contributed by atoms with E-state index in [-0.39, 0.29) is 0 Å². The molecule has 1 N–H and O–H groups in total. The summed E-state index contributed by atoms with van der Waals surface area (Å²) in [7, 11) is 0. The van der Waals surface area contributed by atoms with E-state index in [1.165, 1.54) is 0 Å². The van der Waals surface area contributed by atoms with E-state index in [0.29, 0.717) is 12.0 Å². The van der Waals surface area contributed by atoms with Crippen LogP contribution in [0.2, 0.25) is 0 Å². The second kappa shape index (κ2) is 5.83. The Kier molecular flexibility index (Phi) is 3.92. The first kappa shape index (κ1) is 13.4. The molecule has 0 radical (unpaired) electrons. The molecule has 108 valence electrons. The van der Waals surface area contributed by atoms with Gasteiger partial charge in [0.25, 0.3) is 0 Å². The number of nitrogens with one attached hydrogen (secondary N) is 1. The van der Waals surface area contributed by atoms with Crippen LogP contribution >= 0.6 is 0 Å². The van der Waals surface area contributed by atoms with Crippen molar-refractivity contribution in [1.29, 1.82) is 0 Å². The van der Waals surface area contributed by atoms with Crippen molar-refractivity contribution >= 4 is 17.0 Å². The van der Waals surface area contributed by atoms with Crippen LogP contribution in [0.15, 0.2) is 24.3 Å². The summed E-state index contributed by atoms with van der Waals surface area (Å²) in [5, 5.41) is 0. The van der Waals surface area contributed by atoms with E-state index < -0.39 is 0 Å². The standard InChI is InChI=1S/C16H23N3O/c1-12(2)11-20-13-7-9-19(10-8-13)16-17-14-5-3-4-6-15(14)18-16/h3-6,12-13H,7-11H2,1-2H3,(H,17,18). The molecule has 0 unspecified atom stereocenters. The first-order valence-electron chi connectivity index (χ1n) is 7.53. The van der Waals surface area contributed by atoms with E-state index in [0.717, 1.165) is 49.5 Å². The molecule has 1 aliphatic heterocycles. The van der Waals surface area contributed by atoms with Crippen LogP contribution in [-0.4, -0.2) is 35.8 Å². The number of hydrogen-bond acceptors (Lipinski definition) is 3. The Morgan fingerprint density at radius 2 is 2.05 bits per heavy atom. The van der Waals surface area contributed by atoms with Crippen molar-refractivity contribution in [2.75, 3.05) is 24.6 Å². The lowest BCUT2D eigenvalue weighted by Crippen LogP contribution is -2.38. The van der Waals surface area contributed by atoms with Crippen molar-refractivity contribution < 1.29 is 4.74 Å². The minimum absolute atomic E-state index is 0.415. The minimum Gasteiger partial charge on any atom is -0.378 e. The molecule has 20 heavy (non-hydrogen) atoms. The highest BCUT2D eigenvalue weighted by atomic mass is 16.5. The topological polar surface area (TPSA) is 41.1 Å². The van der Waals surface area contributed by atoms with Crippen molar-refractivity contribution in [3.8, 4) is 0 Å². The van der Waals surface area contributed by atoms with Gasteiger partial charge >= 0.3 is 0 Å². The van der Waals surface area contributed by atoms with Crippen molar-refractivity contribution in [3.05, 3.63) is 24.3 Å². The summed E-state index contributed by atoms with van der Waals surface area (Å²) >= 11 is 0. The third-order valence-electron chi connectivity index (χ3n) is 3.78. The van der Waals surface area contributed by atoms with Gasteiger partial charge < -0.3 is 14.6 Å². The number of aromatic nitrogens is 2. The van der Waals surface area contributed by atoms with Crippen molar-refractivity contribution in [2.24, 2.45) is 5.92 Å². The molecule has 1 fully saturated rings. The van der Waals surface area contributed by atoms with Crippen LogP contribution in [0, 0.1) is 5.92 Å². The summed E-state index contributed by atoms with van der Waals surface area (Å²) in [5.74, 6) is 1.61. The Hall–Kier alpha value is -1.55. The van der Waals surface area contributed by atoms with Crippen LogP contribution in [0.25, 0.3) is 11.0 Å². The average molecular weight is 273 g/mol. The van der Waals surface area contributed by atoms with Gasteiger partial charge in [0.15, 0.2) is 0 Å².